The van der Waals surface area contributed by atoms with Crippen LogP contribution < -0.4 is 5.32 Å². The van der Waals surface area contributed by atoms with Crippen molar-refractivity contribution in [1.82, 2.24) is 10.2 Å². The van der Waals surface area contributed by atoms with Crippen LogP contribution in [0.5, 0.6) is 0 Å². The minimum Gasteiger partial charge on any atom is -0.466 e. The van der Waals surface area contributed by atoms with E-state index in [1.54, 1.807) is 0 Å². The molecule has 0 aromatic rings. The first kappa shape index (κ1) is 25.5. The van der Waals surface area contributed by atoms with E-state index in [9.17, 15) is 4.79 Å². The summed E-state index contributed by atoms with van der Waals surface area (Å²) >= 11 is 0. The zero-order valence-corrected chi connectivity index (χ0v) is 20.7. The van der Waals surface area contributed by atoms with Crippen LogP contribution in [-0.4, -0.2) is 62.3 Å². The van der Waals surface area contributed by atoms with Gasteiger partial charge in [-0.25, -0.2) is 0 Å². The molecule has 0 aromatic heterocycles. The summed E-state index contributed by atoms with van der Waals surface area (Å²) < 4.78 is 11.3. The predicted molar refractivity (Wildman–Crippen MR) is 124 cm³/mol. The molecule has 0 radical (unpaired) electrons. The third kappa shape index (κ3) is 7.35. The van der Waals surface area contributed by atoms with Gasteiger partial charge < -0.3 is 19.7 Å². The van der Waals surface area contributed by atoms with Crippen molar-refractivity contribution in [3.8, 4) is 0 Å². The number of piperidine rings is 1. The molecule has 2 heterocycles. The Hall–Kier alpha value is -0.570. The zero-order valence-electron chi connectivity index (χ0n) is 18.3. The summed E-state index contributed by atoms with van der Waals surface area (Å²) in [6.45, 7) is 15.2. The largest absolute Gasteiger partial charge is 0.466 e. The predicted octanol–water partition coefficient (Wildman–Crippen LogP) is 3.69. The molecule has 2 rings (SSSR count). The van der Waals surface area contributed by atoms with E-state index >= 15 is 0 Å². The summed E-state index contributed by atoms with van der Waals surface area (Å²) in [6, 6.07) is 0. The molecule has 2 fully saturated rings. The first-order valence-electron chi connectivity index (χ1n) is 10.7. The van der Waals surface area contributed by atoms with Gasteiger partial charge in [0.25, 0.3) is 0 Å². The minimum absolute atomic E-state index is 0. The Labute approximate surface area is 188 Å². The van der Waals surface area contributed by atoms with Gasteiger partial charge in [-0.3, -0.25) is 9.79 Å². The van der Waals surface area contributed by atoms with Gasteiger partial charge in [0, 0.05) is 38.7 Å². The lowest BCUT2D eigenvalue weighted by molar-refractivity contribution is -0.149. The number of halogens is 1. The fraction of sp³-hybridized carbons (Fsp3) is 0.905. The Morgan fingerprint density at radius 2 is 2.00 bits per heavy atom. The Balaban J connectivity index is 0.00000392. The molecular formula is C21H40IN3O3. The van der Waals surface area contributed by atoms with Crippen LogP contribution in [0.15, 0.2) is 4.99 Å². The van der Waals surface area contributed by atoms with Crippen LogP contribution in [0, 0.1) is 17.3 Å². The fourth-order valence-electron chi connectivity index (χ4n) is 4.24. The Kier molecular flexibility index (Phi) is 11.1. The number of likely N-dealkylation sites (tertiary alicyclic amines) is 1. The highest BCUT2D eigenvalue weighted by Gasteiger charge is 2.35. The van der Waals surface area contributed by atoms with E-state index < -0.39 is 0 Å². The molecule has 2 saturated heterocycles. The first-order chi connectivity index (χ1) is 12.9. The second-order valence-corrected chi connectivity index (χ2v) is 8.79. The van der Waals surface area contributed by atoms with Crippen LogP contribution in [0.1, 0.15) is 60.3 Å². The van der Waals surface area contributed by atoms with Crippen molar-refractivity contribution in [2.24, 2.45) is 22.2 Å². The Morgan fingerprint density at radius 3 is 2.64 bits per heavy atom. The molecule has 7 heteroatoms. The number of hydrogen-bond donors (Lipinski definition) is 1. The molecule has 164 valence electrons. The molecule has 3 atom stereocenters. The number of carbonyl (C=O) groups is 1. The van der Waals surface area contributed by atoms with E-state index in [1.807, 2.05) is 6.92 Å². The fourth-order valence-corrected chi connectivity index (χ4v) is 4.24. The molecule has 6 nitrogen and oxygen atoms in total. The molecule has 0 saturated carbocycles. The average Bonchev–Trinajstić information content (AvgIpc) is 2.65. The van der Waals surface area contributed by atoms with Crippen LogP contribution in [0.3, 0.4) is 0 Å². The summed E-state index contributed by atoms with van der Waals surface area (Å²) in [6.07, 6.45) is 4.41. The van der Waals surface area contributed by atoms with Crippen molar-refractivity contribution in [3.63, 3.8) is 0 Å². The van der Waals surface area contributed by atoms with E-state index in [-0.39, 0.29) is 47.4 Å². The van der Waals surface area contributed by atoms with Crippen molar-refractivity contribution >= 4 is 35.9 Å². The van der Waals surface area contributed by atoms with Gasteiger partial charge in [0.05, 0.1) is 18.6 Å². The number of ether oxygens (including phenoxy) is 2. The van der Waals surface area contributed by atoms with Crippen molar-refractivity contribution in [1.29, 1.82) is 0 Å². The maximum atomic E-state index is 12.2. The molecule has 0 bridgehead atoms. The van der Waals surface area contributed by atoms with Gasteiger partial charge >= 0.3 is 5.97 Å². The van der Waals surface area contributed by atoms with Gasteiger partial charge in [0.2, 0.25) is 0 Å². The highest BCUT2D eigenvalue weighted by Crippen LogP contribution is 2.34. The van der Waals surface area contributed by atoms with Gasteiger partial charge in [-0.2, -0.15) is 0 Å². The molecule has 2 aliphatic heterocycles. The normalized spacial score (nSPS) is 26.4. The van der Waals surface area contributed by atoms with Crippen molar-refractivity contribution in [2.75, 3.05) is 39.4 Å². The van der Waals surface area contributed by atoms with Crippen LogP contribution in [0.25, 0.3) is 0 Å². The maximum Gasteiger partial charge on any atom is 0.310 e. The standard InChI is InChI=1S/C21H39N3O3.HI/c1-6-22-20(24-12-8-10-17(15-24)19(25)26-7-2)23-14-16-11-9-13-27-18(16)21(3,4)5;/h16-18H,6-15H2,1-5H3,(H,22,23);1H. The first-order valence-corrected chi connectivity index (χ1v) is 10.7. The number of nitrogens with zero attached hydrogens (tertiary/aromatic N) is 2. The molecule has 0 spiro atoms. The molecule has 2 aliphatic rings. The monoisotopic (exact) mass is 509 g/mol. The number of esters is 1. The Bertz CT molecular complexity index is 508. The molecule has 0 aromatic carbocycles. The number of guanidine groups is 1. The van der Waals surface area contributed by atoms with Gasteiger partial charge in [-0.15, -0.1) is 24.0 Å². The van der Waals surface area contributed by atoms with Gasteiger partial charge in [-0.05, 0) is 44.9 Å². The lowest BCUT2D eigenvalue weighted by Gasteiger charge is -2.40. The number of aliphatic imine (C=N–C) groups is 1. The van der Waals surface area contributed by atoms with E-state index in [0.29, 0.717) is 19.1 Å². The maximum absolute atomic E-state index is 12.2. The number of carbonyl (C=O) groups excluding carboxylic acids is 1. The van der Waals surface area contributed by atoms with E-state index in [2.05, 4.69) is 37.9 Å². The SMILES string of the molecule is CCNC(=NCC1CCCOC1C(C)(C)C)N1CCCC(C(=O)OCC)C1.I. The summed E-state index contributed by atoms with van der Waals surface area (Å²) in [7, 11) is 0. The van der Waals surface area contributed by atoms with E-state index in [1.165, 1.54) is 0 Å². The van der Waals surface area contributed by atoms with Crippen LogP contribution >= 0.6 is 24.0 Å². The molecule has 28 heavy (non-hydrogen) atoms. The number of rotatable bonds is 5. The van der Waals surface area contributed by atoms with Crippen molar-refractivity contribution in [3.05, 3.63) is 0 Å². The van der Waals surface area contributed by atoms with Crippen LogP contribution in [-0.2, 0) is 14.3 Å². The lowest BCUT2D eigenvalue weighted by atomic mass is 9.78. The molecule has 0 aliphatic carbocycles. The summed E-state index contributed by atoms with van der Waals surface area (Å²) in [5.74, 6) is 1.23. The Morgan fingerprint density at radius 1 is 1.25 bits per heavy atom. The van der Waals surface area contributed by atoms with Gasteiger partial charge in [-0.1, -0.05) is 20.8 Å². The third-order valence-corrected chi connectivity index (χ3v) is 5.45. The van der Waals surface area contributed by atoms with Gasteiger partial charge in [0.1, 0.15) is 0 Å². The second kappa shape index (κ2) is 12.2. The summed E-state index contributed by atoms with van der Waals surface area (Å²) in [5, 5.41) is 3.42. The van der Waals surface area contributed by atoms with Crippen LogP contribution in [0.4, 0.5) is 0 Å². The average molecular weight is 509 g/mol. The molecule has 0 amide bonds. The highest BCUT2D eigenvalue weighted by molar-refractivity contribution is 14.0. The molecular weight excluding hydrogens is 469 g/mol. The smallest absolute Gasteiger partial charge is 0.310 e. The summed E-state index contributed by atoms with van der Waals surface area (Å²) in [5.41, 5.74) is 0.124. The molecule has 1 N–H and O–H groups in total. The molecule has 3 unspecified atom stereocenters. The van der Waals surface area contributed by atoms with Crippen LogP contribution in [0.2, 0.25) is 0 Å². The third-order valence-electron chi connectivity index (χ3n) is 5.45. The summed E-state index contributed by atoms with van der Waals surface area (Å²) in [4.78, 5) is 19.3. The van der Waals surface area contributed by atoms with Crippen molar-refractivity contribution in [2.45, 2.75) is 66.4 Å². The van der Waals surface area contributed by atoms with Crippen molar-refractivity contribution < 1.29 is 14.3 Å². The van der Waals surface area contributed by atoms with Gasteiger partial charge in [0.15, 0.2) is 5.96 Å². The van der Waals surface area contributed by atoms with E-state index in [4.69, 9.17) is 14.5 Å². The number of nitrogens with one attached hydrogen (secondary N) is 1. The topological polar surface area (TPSA) is 63.2 Å². The second-order valence-electron chi connectivity index (χ2n) is 8.79. The minimum atomic E-state index is -0.0773. The lowest BCUT2D eigenvalue weighted by Crippen LogP contribution is -2.49. The quantitative estimate of drug-likeness (QED) is 0.265. The van der Waals surface area contributed by atoms with E-state index in [0.717, 1.165) is 57.9 Å². The number of hydrogen-bond acceptors (Lipinski definition) is 4. The zero-order chi connectivity index (χ0) is 19.9. The highest BCUT2D eigenvalue weighted by atomic mass is 127.